The van der Waals surface area contributed by atoms with E-state index in [9.17, 15) is 4.79 Å². The highest BCUT2D eigenvalue weighted by Gasteiger charge is 2.08. The zero-order chi connectivity index (χ0) is 12.3. The fourth-order valence-corrected chi connectivity index (χ4v) is 1.35. The summed E-state index contributed by atoms with van der Waals surface area (Å²) in [6.45, 7) is 0.287. The van der Waals surface area contributed by atoms with Gasteiger partial charge in [0.1, 0.15) is 5.82 Å². The van der Waals surface area contributed by atoms with Crippen LogP contribution in [0.2, 0.25) is 5.02 Å². The van der Waals surface area contributed by atoms with Crippen LogP contribution in [-0.2, 0) is 6.54 Å². The second-order valence-electron chi connectivity index (χ2n) is 3.06. The number of hydrogen-bond donors (Lipinski definition) is 2. The second-order valence-corrected chi connectivity index (χ2v) is 3.47. The van der Waals surface area contributed by atoms with Crippen LogP contribution in [0.1, 0.15) is 16.2 Å². The van der Waals surface area contributed by atoms with Crippen molar-refractivity contribution in [3.8, 4) is 0 Å². The zero-order valence-electron chi connectivity index (χ0n) is 8.42. The molecule has 0 saturated heterocycles. The summed E-state index contributed by atoms with van der Waals surface area (Å²) < 4.78 is 4.55. The molecule has 0 unspecified atom stereocenters. The van der Waals surface area contributed by atoms with Gasteiger partial charge in [-0.1, -0.05) is 16.8 Å². The molecule has 0 saturated carbocycles. The van der Waals surface area contributed by atoms with Crippen LogP contribution in [0.5, 0.6) is 0 Å². The van der Waals surface area contributed by atoms with Crippen molar-refractivity contribution < 1.29 is 14.4 Å². The Labute approximate surface area is 100 Å². The van der Waals surface area contributed by atoms with E-state index in [-0.39, 0.29) is 17.1 Å². The van der Waals surface area contributed by atoms with E-state index in [2.05, 4.69) is 25.0 Å². The van der Waals surface area contributed by atoms with Crippen LogP contribution < -0.4 is 5.32 Å². The lowest BCUT2D eigenvalue weighted by atomic mass is 10.3. The van der Waals surface area contributed by atoms with Crippen molar-refractivity contribution in [2.45, 2.75) is 6.54 Å². The predicted octanol–water partition coefficient (Wildman–Crippen LogP) is 1.43. The van der Waals surface area contributed by atoms with Crippen molar-refractivity contribution in [2.75, 3.05) is 5.32 Å². The molecule has 0 bridgehead atoms. The van der Waals surface area contributed by atoms with E-state index in [0.717, 1.165) is 0 Å². The molecule has 2 N–H and O–H groups in total. The standard InChI is InChI=1S/C9H7ClN4O3/c10-6-1-5(9(15)16)2-11-8(6)12-3-7-13-4-17-14-7/h1-2,4H,3H2,(H,11,12)(H,15,16). The number of nitrogens with one attached hydrogen (secondary N) is 1. The molecule has 0 aliphatic carbocycles. The molecule has 2 heterocycles. The van der Waals surface area contributed by atoms with Gasteiger partial charge in [0.05, 0.1) is 17.1 Å². The molecule has 17 heavy (non-hydrogen) atoms. The minimum Gasteiger partial charge on any atom is -0.478 e. The number of nitrogens with zero attached hydrogens (tertiary/aromatic N) is 3. The maximum Gasteiger partial charge on any atom is 0.337 e. The Morgan fingerprint density at radius 1 is 1.53 bits per heavy atom. The van der Waals surface area contributed by atoms with Crippen LogP contribution in [0, 0.1) is 0 Å². The predicted molar refractivity (Wildman–Crippen MR) is 57.8 cm³/mol. The zero-order valence-corrected chi connectivity index (χ0v) is 9.18. The Hall–Kier alpha value is -2.15. The van der Waals surface area contributed by atoms with Gasteiger partial charge in [-0.15, -0.1) is 0 Å². The van der Waals surface area contributed by atoms with Gasteiger partial charge in [0, 0.05) is 6.20 Å². The Kier molecular flexibility index (Phi) is 3.20. The molecule has 7 nitrogen and oxygen atoms in total. The molecule has 0 amide bonds. The van der Waals surface area contributed by atoms with Crippen LogP contribution in [-0.4, -0.2) is 26.2 Å². The molecule has 8 heteroatoms. The highest BCUT2D eigenvalue weighted by atomic mass is 35.5. The highest BCUT2D eigenvalue weighted by molar-refractivity contribution is 6.33. The first kappa shape index (κ1) is 11.3. The molecule has 2 aromatic heterocycles. The van der Waals surface area contributed by atoms with E-state index in [0.29, 0.717) is 11.6 Å². The molecule has 0 aliphatic heterocycles. The number of carboxylic acids is 1. The highest BCUT2D eigenvalue weighted by Crippen LogP contribution is 2.20. The van der Waals surface area contributed by atoms with E-state index < -0.39 is 5.97 Å². The number of aromatic carboxylic acids is 1. The molecule has 0 radical (unpaired) electrons. The Morgan fingerprint density at radius 2 is 2.35 bits per heavy atom. The largest absolute Gasteiger partial charge is 0.478 e. The van der Waals surface area contributed by atoms with E-state index in [1.807, 2.05) is 0 Å². The lowest BCUT2D eigenvalue weighted by molar-refractivity contribution is 0.0696. The lowest BCUT2D eigenvalue weighted by Crippen LogP contribution is -2.05. The van der Waals surface area contributed by atoms with Crippen molar-refractivity contribution in [3.63, 3.8) is 0 Å². The van der Waals surface area contributed by atoms with Gasteiger partial charge in [0.2, 0.25) is 6.39 Å². The summed E-state index contributed by atoms with van der Waals surface area (Å²) >= 11 is 5.86. The van der Waals surface area contributed by atoms with Crippen molar-refractivity contribution in [2.24, 2.45) is 0 Å². The maximum absolute atomic E-state index is 10.7. The summed E-state index contributed by atoms with van der Waals surface area (Å²) in [6.07, 6.45) is 2.42. The number of aromatic nitrogens is 3. The number of rotatable bonds is 4. The fourth-order valence-electron chi connectivity index (χ4n) is 1.12. The lowest BCUT2D eigenvalue weighted by Gasteiger charge is -2.05. The topological polar surface area (TPSA) is 101 Å². The molecular weight excluding hydrogens is 248 g/mol. The van der Waals surface area contributed by atoms with Gasteiger partial charge >= 0.3 is 5.97 Å². The van der Waals surface area contributed by atoms with E-state index in [1.165, 1.54) is 18.7 Å². The SMILES string of the molecule is O=C(O)c1cnc(NCc2ncon2)c(Cl)c1. The normalized spacial score (nSPS) is 10.2. The first-order valence-electron chi connectivity index (χ1n) is 4.55. The van der Waals surface area contributed by atoms with Crippen LogP contribution in [0.3, 0.4) is 0 Å². The second kappa shape index (κ2) is 4.79. The van der Waals surface area contributed by atoms with Crippen molar-refractivity contribution in [3.05, 3.63) is 35.1 Å². The quantitative estimate of drug-likeness (QED) is 0.851. The van der Waals surface area contributed by atoms with E-state index in [1.54, 1.807) is 0 Å². The third-order valence-electron chi connectivity index (χ3n) is 1.91. The monoisotopic (exact) mass is 254 g/mol. The van der Waals surface area contributed by atoms with Gasteiger partial charge in [-0.05, 0) is 6.07 Å². The fraction of sp³-hybridized carbons (Fsp3) is 0.111. The number of halogens is 1. The molecule has 0 fully saturated rings. The molecule has 0 atom stereocenters. The van der Waals surface area contributed by atoms with Crippen molar-refractivity contribution in [1.29, 1.82) is 0 Å². The Morgan fingerprint density at radius 3 is 2.94 bits per heavy atom. The maximum atomic E-state index is 10.7. The number of carbonyl (C=O) groups is 1. The van der Waals surface area contributed by atoms with Crippen molar-refractivity contribution in [1.82, 2.24) is 15.1 Å². The van der Waals surface area contributed by atoms with Gasteiger partial charge in [-0.25, -0.2) is 9.78 Å². The third kappa shape index (κ3) is 2.70. The molecule has 0 aromatic carbocycles. The van der Waals surface area contributed by atoms with Gasteiger partial charge in [0.25, 0.3) is 0 Å². The number of hydrogen-bond acceptors (Lipinski definition) is 6. The molecule has 88 valence electrons. The molecule has 0 spiro atoms. The smallest absolute Gasteiger partial charge is 0.337 e. The summed E-state index contributed by atoms with van der Waals surface area (Å²) in [5, 5.41) is 15.4. The summed E-state index contributed by atoms with van der Waals surface area (Å²) in [5.74, 6) is -0.268. The average molecular weight is 255 g/mol. The van der Waals surface area contributed by atoms with Gasteiger partial charge in [-0.3, -0.25) is 0 Å². The third-order valence-corrected chi connectivity index (χ3v) is 2.20. The molecule has 2 rings (SSSR count). The van der Waals surface area contributed by atoms with Gasteiger partial charge < -0.3 is 14.9 Å². The van der Waals surface area contributed by atoms with Crippen LogP contribution in [0.4, 0.5) is 5.82 Å². The molecule has 0 aliphatic rings. The summed E-state index contributed by atoms with van der Waals surface area (Å²) in [6, 6.07) is 1.31. The minimum atomic E-state index is -1.08. The summed E-state index contributed by atoms with van der Waals surface area (Å²) in [5.41, 5.74) is 0.0279. The summed E-state index contributed by atoms with van der Waals surface area (Å²) in [7, 11) is 0. The van der Waals surface area contributed by atoms with Gasteiger partial charge in [0.15, 0.2) is 5.82 Å². The van der Waals surface area contributed by atoms with E-state index in [4.69, 9.17) is 16.7 Å². The van der Waals surface area contributed by atoms with Gasteiger partial charge in [-0.2, -0.15) is 4.98 Å². The average Bonchev–Trinajstić information content (AvgIpc) is 2.80. The van der Waals surface area contributed by atoms with Crippen LogP contribution >= 0.6 is 11.6 Å². The minimum absolute atomic E-state index is 0.0279. The summed E-state index contributed by atoms with van der Waals surface area (Å²) in [4.78, 5) is 18.3. The molecular formula is C9H7ClN4O3. The molecule has 2 aromatic rings. The van der Waals surface area contributed by atoms with Crippen molar-refractivity contribution >= 4 is 23.4 Å². The number of anilines is 1. The first-order valence-corrected chi connectivity index (χ1v) is 4.92. The Balaban J connectivity index is 2.09. The van der Waals surface area contributed by atoms with E-state index >= 15 is 0 Å². The van der Waals surface area contributed by atoms with Crippen LogP contribution in [0.15, 0.2) is 23.2 Å². The number of carboxylic acid groups (broad SMARTS) is 1. The van der Waals surface area contributed by atoms with Crippen LogP contribution in [0.25, 0.3) is 0 Å². The first-order chi connectivity index (χ1) is 8.16. The number of pyridine rings is 1. The Bertz CT molecular complexity index is 529.